The normalized spacial score (nSPS) is 11.2. The van der Waals surface area contributed by atoms with Crippen LogP contribution in [0.15, 0.2) is 150 Å². The van der Waals surface area contributed by atoms with Crippen LogP contribution >= 0.6 is 24.4 Å². The average molecular weight is 595 g/mol. The van der Waals surface area contributed by atoms with Gasteiger partial charge in [-0.25, -0.2) is 0 Å². The molecular formula is C39H34N2S2. The predicted molar refractivity (Wildman–Crippen MR) is 195 cm³/mol. The first-order valence-electron chi connectivity index (χ1n) is 14.1. The number of thioether (sulfide) groups is 1. The van der Waals surface area contributed by atoms with Gasteiger partial charge in [0.05, 0.1) is 0 Å². The molecule has 212 valence electrons. The molecule has 0 fully saturated rings. The fourth-order valence-corrected chi connectivity index (χ4v) is 6.13. The lowest BCUT2D eigenvalue weighted by molar-refractivity contribution is 1.42. The summed E-state index contributed by atoms with van der Waals surface area (Å²) in [7, 11) is 0. The zero-order valence-electron chi connectivity index (χ0n) is 24.2. The fourth-order valence-electron chi connectivity index (χ4n) is 5.46. The lowest BCUT2D eigenvalue weighted by atomic mass is 9.88. The molecule has 0 heterocycles. The molecule has 2 nitrogen and oxygen atoms in total. The summed E-state index contributed by atoms with van der Waals surface area (Å²) in [4.78, 5) is 3.35. The molecule has 6 aromatic rings. The van der Waals surface area contributed by atoms with Gasteiger partial charge in [0.25, 0.3) is 0 Å². The molecule has 0 atom stereocenters. The first-order valence-corrected chi connectivity index (χ1v) is 15.6. The highest BCUT2D eigenvalue weighted by Gasteiger charge is 2.14. The van der Waals surface area contributed by atoms with Crippen LogP contribution in [0.4, 0.5) is 0 Å². The Morgan fingerprint density at radius 1 is 0.674 bits per heavy atom. The van der Waals surface area contributed by atoms with E-state index in [4.69, 9.17) is 5.73 Å². The molecule has 0 saturated carbocycles. The second-order valence-corrected chi connectivity index (χ2v) is 11.3. The summed E-state index contributed by atoms with van der Waals surface area (Å²) in [6.45, 7) is 5.32. The Bertz CT molecular complexity index is 1940. The minimum atomic E-state index is 0.900. The Balaban J connectivity index is 0.000000682. The van der Waals surface area contributed by atoms with Crippen LogP contribution in [-0.4, -0.2) is 6.72 Å². The van der Waals surface area contributed by atoms with Gasteiger partial charge in [0.1, 0.15) is 0 Å². The average Bonchev–Trinajstić information content (AvgIpc) is 3.05. The van der Waals surface area contributed by atoms with Crippen LogP contribution in [0.5, 0.6) is 0 Å². The SMILES string of the molecule is C=N/C=C\S.Cc1cccc(-c2ccc(-c3ccc(-c4cccc(CS/C=C\N)c4)c4ccccc34)c3ccccc23)c1. The summed E-state index contributed by atoms with van der Waals surface area (Å²) in [5.74, 6) is 0.900. The van der Waals surface area contributed by atoms with Crippen molar-refractivity contribution in [3.8, 4) is 33.4 Å². The molecule has 6 rings (SSSR count). The molecule has 43 heavy (non-hydrogen) atoms. The van der Waals surface area contributed by atoms with Crippen molar-refractivity contribution in [2.45, 2.75) is 12.7 Å². The quantitative estimate of drug-likeness (QED) is 0.143. The number of rotatable bonds is 7. The number of hydrogen-bond donors (Lipinski definition) is 2. The van der Waals surface area contributed by atoms with E-state index in [-0.39, 0.29) is 0 Å². The van der Waals surface area contributed by atoms with Crippen molar-refractivity contribution in [2.24, 2.45) is 10.7 Å². The van der Waals surface area contributed by atoms with Gasteiger partial charge in [0.2, 0.25) is 0 Å². The van der Waals surface area contributed by atoms with Crippen LogP contribution in [0.1, 0.15) is 11.1 Å². The number of fused-ring (bicyclic) bond motifs is 2. The van der Waals surface area contributed by atoms with Crippen molar-refractivity contribution in [1.82, 2.24) is 0 Å². The lowest BCUT2D eigenvalue weighted by Gasteiger charge is -2.16. The van der Waals surface area contributed by atoms with Crippen LogP contribution in [0, 0.1) is 6.92 Å². The van der Waals surface area contributed by atoms with Gasteiger partial charge >= 0.3 is 0 Å². The molecule has 0 spiro atoms. The highest BCUT2D eigenvalue weighted by molar-refractivity contribution is 8.01. The van der Waals surface area contributed by atoms with Gasteiger partial charge in [0.15, 0.2) is 0 Å². The van der Waals surface area contributed by atoms with Crippen LogP contribution in [0.3, 0.4) is 0 Å². The summed E-state index contributed by atoms with van der Waals surface area (Å²) in [6.07, 6.45) is 3.10. The summed E-state index contributed by atoms with van der Waals surface area (Å²) in [5.41, 5.74) is 15.6. The van der Waals surface area contributed by atoms with E-state index in [1.54, 1.807) is 18.0 Å². The van der Waals surface area contributed by atoms with Gasteiger partial charge in [-0.2, -0.15) is 0 Å². The highest BCUT2D eigenvalue weighted by Crippen LogP contribution is 2.41. The fraction of sp³-hybridized carbons (Fsp3) is 0.0513. The predicted octanol–water partition coefficient (Wildman–Crippen LogP) is 11.1. The Labute approximate surface area is 264 Å². The van der Waals surface area contributed by atoms with Crippen molar-refractivity contribution >= 4 is 52.7 Å². The molecule has 0 unspecified atom stereocenters. The topological polar surface area (TPSA) is 38.4 Å². The number of benzene rings is 6. The van der Waals surface area contributed by atoms with Gasteiger partial charge in [-0.05, 0) is 84.9 Å². The van der Waals surface area contributed by atoms with Crippen LogP contribution in [0.25, 0.3) is 54.9 Å². The van der Waals surface area contributed by atoms with E-state index in [1.165, 1.54) is 77.7 Å². The van der Waals surface area contributed by atoms with Gasteiger partial charge in [-0.15, -0.1) is 24.4 Å². The third-order valence-corrected chi connectivity index (χ3v) is 8.29. The molecular weight excluding hydrogens is 561 g/mol. The molecule has 6 aromatic carbocycles. The van der Waals surface area contributed by atoms with E-state index in [9.17, 15) is 0 Å². The molecule has 0 aliphatic rings. The zero-order valence-corrected chi connectivity index (χ0v) is 25.9. The Morgan fingerprint density at radius 3 is 1.67 bits per heavy atom. The third-order valence-electron chi connectivity index (χ3n) is 7.30. The van der Waals surface area contributed by atoms with E-state index in [2.05, 4.69) is 153 Å². The molecule has 0 aliphatic carbocycles. The monoisotopic (exact) mass is 594 g/mol. The Morgan fingerprint density at radius 2 is 1.19 bits per heavy atom. The minimum absolute atomic E-state index is 0.900. The number of hydrogen-bond acceptors (Lipinski definition) is 4. The van der Waals surface area contributed by atoms with Crippen molar-refractivity contribution in [2.75, 3.05) is 0 Å². The number of thiol groups is 1. The zero-order chi connectivity index (χ0) is 30.0. The smallest absolute Gasteiger partial charge is 0.0321 e. The third kappa shape index (κ3) is 6.94. The molecule has 0 aliphatic heterocycles. The maximum atomic E-state index is 5.51. The summed E-state index contributed by atoms with van der Waals surface area (Å²) in [5, 5.41) is 8.54. The maximum Gasteiger partial charge on any atom is 0.0321 e. The standard InChI is InChI=1S/C36H29NS.C3H5NS/c1-25-8-6-10-27(22-25)29-16-18-35(33-14-4-2-12-31(29)33)36-19-17-30(32-13-3-5-15-34(32)36)28-11-7-9-26(23-28)24-38-21-20-37;1-4-2-3-5/h2-23H,24,37H2,1H3;2-3,5H,1H2/b21-20-;3-2-. The molecule has 0 saturated heterocycles. The van der Waals surface area contributed by atoms with E-state index >= 15 is 0 Å². The van der Waals surface area contributed by atoms with Crippen molar-refractivity contribution in [3.05, 3.63) is 156 Å². The van der Waals surface area contributed by atoms with Gasteiger partial charge in [-0.3, -0.25) is 4.99 Å². The molecule has 0 amide bonds. The lowest BCUT2D eigenvalue weighted by Crippen LogP contribution is -1.90. The largest absolute Gasteiger partial charge is 0.404 e. The van der Waals surface area contributed by atoms with Crippen molar-refractivity contribution in [1.29, 1.82) is 0 Å². The maximum absolute atomic E-state index is 5.51. The molecule has 0 aromatic heterocycles. The number of nitrogens with two attached hydrogens (primary N) is 1. The first kappa shape index (κ1) is 30.0. The minimum Gasteiger partial charge on any atom is -0.404 e. The van der Waals surface area contributed by atoms with Crippen LogP contribution in [0.2, 0.25) is 0 Å². The second-order valence-electron chi connectivity index (χ2n) is 10.1. The molecule has 0 bridgehead atoms. The van der Waals surface area contributed by atoms with Crippen LogP contribution < -0.4 is 5.73 Å². The van der Waals surface area contributed by atoms with Crippen molar-refractivity contribution < 1.29 is 0 Å². The first-order chi connectivity index (χ1) is 21.1. The van der Waals surface area contributed by atoms with Gasteiger partial charge in [0, 0.05) is 18.2 Å². The second kappa shape index (κ2) is 14.6. The van der Waals surface area contributed by atoms with Crippen LogP contribution in [-0.2, 0) is 5.75 Å². The number of aliphatic imine (C=N–C) groups is 1. The summed E-state index contributed by atoms with van der Waals surface area (Å²) in [6, 6.07) is 44.3. The Hall–Kier alpha value is -4.51. The highest BCUT2D eigenvalue weighted by atomic mass is 32.2. The molecule has 0 radical (unpaired) electrons. The van der Waals surface area contributed by atoms with E-state index in [0.717, 1.165) is 5.75 Å². The molecule has 4 heteroatoms. The van der Waals surface area contributed by atoms with E-state index in [0.29, 0.717) is 0 Å². The number of nitrogens with zero attached hydrogens (tertiary/aromatic N) is 1. The summed E-state index contributed by atoms with van der Waals surface area (Å²) < 4.78 is 0. The summed E-state index contributed by atoms with van der Waals surface area (Å²) >= 11 is 5.40. The van der Waals surface area contributed by atoms with E-state index < -0.39 is 0 Å². The molecule has 2 N–H and O–H groups in total. The van der Waals surface area contributed by atoms with E-state index in [1.807, 2.05) is 5.41 Å². The Kier molecular flexibility index (Phi) is 10.2. The van der Waals surface area contributed by atoms with Gasteiger partial charge in [-0.1, -0.05) is 127 Å². The van der Waals surface area contributed by atoms with Crippen molar-refractivity contribution in [3.63, 3.8) is 0 Å². The van der Waals surface area contributed by atoms with Gasteiger partial charge < -0.3 is 5.73 Å². The number of aryl methyl sites for hydroxylation is 1.